The summed E-state index contributed by atoms with van der Waals surface area (Å²) in [5.74, 6) is 0.775. The van der Waals surface area contributed by atoms with E-state index < -0.39 is 0 Å². The number of nitrogens with zero attached hydrogens (tertiary/aromatic N) is 2. The maximum atomic E-state index is 12.8. The number of carbonyl (C=O) groups excluding carboxylic acids is 1. The highest BCUT2D eigenvalue weighted by atomic mass is 16.2. The van der Waals surface area contributed by atoms with Gasteiger partial charge in [-0.2, -0.15) is 0 Å². The molecule has 0 aliphatic carbocycles. The second kappa shape index (κ2) is 7.69. The summed E-state index contributed by atoms with van der Waals surface area (Å²) in [7, 11) is 0. The van der Waals surface area contributed by atoms with Crippen molar-refractivity contribution in [3.8, 4) is 11.4 Å². The normalized spacial score (nSPS) is 12.1. The molecule has 0 saturated heterocycles. The van der Waals surface area contributed by atoms with Crippen LogP contribution in [0.25, 0.3) is 22.4 Å². The highest BCUT2D eigenvalue weighted by Gasteiger charge is 2.16. The van der Waals surface area contributed by atoms with Gasteiger partial charge in [-0.15, -0.1) is 0 Å². The number of amides is 1. The lowest BCUT2D eigenvalue weighted by Crippen LogP contribution is -2.30. The Labute approximate surface area is 164 Å². The molecule has 28 heavy (non-hydrogen) atoms. The van der Waals surface area contributed by atoms with Gasteiger partial charge >= 0.3 is 0 Å². The maximum Gasteiger partial charge on any atom is 0.240 e. The van der Waals surface area contributed by atoms with Gasteiger partial charge < -0.3 is 9.88 Å². The number of imidazole rings is 1. The summed E-state index contributed by atoms with van der Waals surface area (Å²) in [6.45, 7) is 4.28. The predicted octanol–water partition coefficient (Wildman–Crippen LogP) is 4.89. The second-order valence-corrected chi connectivity index (χ2v) is 7.08. The fourth-order valence-electron chi connectivity index (χ4n) is 3.41. The number of hydrogen-bond acceptors (Lipinski definition) is 2. The third-order valence-corrected chi connectivity index (χ3v) is 4.94. The molecule has 0 aliphatic rings. The molecule has 1 atom stereocenters. The molecule has 0 aliphatic heterocycles. The smallest absolute Gasteiger partial charge is 0.240 e. The van der Waals surface area contributed by atoms with E-state index in [-0.39, 0.29) is 18.5 Å². The van der Waals surface area contributed by atoms with Crippen LogP contribution in [0, 0.1) is 6.92 Å². The van der Waals surface area contributed by atoms with Crippen molar-refractivity contribution in [1.29, 1.82) is 0 Å². The molecule has 1 unspecified atom stereocenters. The Hall–Kier alpha value is -3.40. The van der Waals surface area contributed by atoms with E-state index in [0.29, 0.717) is 0 Å². The zero-order chi connectivity index (χ0) is 19.5. The average molecular weight is 369 g/mol. The molecule has 4 nitrogen and oxygen atoms in total. The van der Waals surface area contributed by atoms with Crippen molar-refractivity contribution >= 4 is 16.9 Å². The van der Waals surface area contributed by atoms with Gasteiger partial charge in [0.15, 0.2) is 0 Å². The Kier molecular flexibility index (Phi) is 4.94. The lowest BCUT2D eigenvalue weighted by molar-refractivity contribution is -0.122. The molecular formula is C24H23N3O. The van der Waals surface area contributed by atoms with E-state index in [9.17, 15) is 4.79 Å². The summed E-state index contributed by atoms with van der Waals surface area (Å²) >= 11 is 0. The molecule has 0 radical (unpaired) electrons. The van der Waals surface area contributed by atoms with Crippen molar-refractivity contribution in [3.05, 3.63) is 90.0 Å². The number of aromatic nitrogens is 2. The molecule has 1 heterocycles. The van der Waals surface area contributed by atoms with Crippen molar-refractivity contribution in [1.82, 2.24) is 14.9 Å². The molecule has 1 N–H and O–H groups in total. The molecule has 4 rings (SSSR count). The Morgan fingerprint density at radius 3 is 2.39 bits per heavy atom. The Balaban J connectivity index is 1.64. The topological polar surface area (TPSA) is 46.9 Å². The van der Waals surface area contributed by atoms with Gasteiger partial charge in [-0.3, -0.25) is 4.79 Å². The van der Waals surface area contributed by atoms with Crippen LogP contribution in [-0.2, 0) is 11.3 Å². The minimum Gasteiger partial charge on any atom is -0.348 e. The van der Waals surface area contributed by atoms with Gasteiger partial charge in [-0.05, 0) is 31.5 Å². The third kappa shape index (κ3) is 3.67. The monoisotopic (exact) mass is 369 g/mol. The van der Waals surface area contributed by atoms with Gasteiger partial charge in [-0.1, -0.05) is 72.3 Å². The van der Waals surface area contributed by atoms with E-state index in [0.717, 1.165) is 28.0 Å². The van der Waals surface area contributed by atoms with E-state index in [1.165, 1.54) is 5.56 Å². The van der Waals surface area contributed by atoms with Gasteiger partial charge in [0.1, 0.15) is 12.4 Å². The summed E-state index contributed by atoms with van der Waals surface area (Å²) in [5, 5.41) is 3.10. The van der Waals surface area contributed by atoms with Crippen LogP contribution in [0.15, 0.2) is 78.9 Å². The number of benzene rings is 3. The Bertz CT molecular complexity index is 1100. The highest BCUT2D eigenvalue weighted by Crippen LogP contribution is 2.25. The van der Waals surface area contributed by atoms with Crippen LogP contribution in [0.5, 0.6) is 0 Å². The van der Waals surface area contributed by atoms with Crippen LogP contribution in [0.3, 0.4) is 0 Å². The lowest BCUT2D eigenvalue weighted by atomic mass is 10.1. The van der Waals surface area contributed by atoms with Gasteiger partial charge in [0.25, 0.3) is 0 Å². The van der Waals surface area contributed by atoms with Crippen molar-refractivity contribution in [2.24, 2.45) is 0 Å². The Morgan fingerprint density at radius 1 is 0.964 bits per heavy atom. The minimum atomic E-state index is -0.0497. The summed E-state index contributed by atoms with van der Waals surface area (Å²) in [5.41, 5.74) is 5.14. The van der Waals surface area contributed by atoms with Crippen LogP contribution in [0.1, 0.15) is 24.1 Å². The second-order valence-electron chi connectivity index (χ2n) is 7.08. The van der Waals surface area contributed by atoms with Crippen molar-refractivity contribution in [2.45, 2.75) is 26.4 Å². The van der Waals surface area contributed by atoms with E-state index in [2.05, 4.69) is 36.5 Å². The number of rotatable bonds is 5. The first-order chi connectivity index (χ1) is 13.6. The van der Waals surface area contributed by atoms with Crippen molar-refractivity contribution < 1.29 is 4.79 Å². The van der Waals surface area contributed by atoms with Crippen LogP contribution >= 0.6 is 0 Å². The minimum absolute atomic E-state index is 0.0344. The largest absolute Gasteiger partial charge is 0.348 e. The number of carbonyl (C=O) groups is 1. The molecule has 0 bridgehead atoms. The predicted molar refractivity (Wildman–Crippen MR) is 113 cm³/mol. The summed E-state index contributed by atoms with van der Waals surface area (Å²) in [6, 6.07) is 26.1. The molecule has 1 amide bonds. The number of aryl methyl sites for hydroxylation is 1. The highest BCUT2D eigenvalue weighted by molar-refractivity contribution is 5.84. The molecule has 0 spiro atoms. The van der Waals surface area contributed by atoms with E-state index in [4.69, 9.17) is 4.98 Å². The fraction of sp³-hybridized carbons (Fsp3) is 0.167. The fourth-order valence-corrected chi connectivity index (χ4v) is 3.41. The molecule has 1 aromatic heterocycles. The van der Waals surface area contributed by atoms with Crippen LogP contribution < -0.4 is 5.32 Å². The van der Waals surface area contributed by atoms with Gasteiger partial charge in [0, 0.05) is 5.56 Å². The van der Waals surface area contributed by atoms with Crippen LogP contribution in [-0.4, -0.2) is 15.5 Å². The number of para-hydroxylation sites is 2. The van der Waals surface area contributed by atoms with Gasteiger partial charge in [-0.25, -0.2) is 4.98 Å². The molecule has 0 fully saturated rings. The standard InChI is InChI=1S/C24H23N3O/c1-17-12-14-20(15-13-17)24-26-21-10-6-7-11-22(21)27(24)16-23(28)25-18(2)19-8-4-3-5-9-19/h3-15,18H,16H2,1-2H3,(H,25,28). The van der Waals surface area contributed by atoms with E-state index in [1.807, 2.05) is 66.1 Å². The molecule has 140 valence electrons. The average Bonchev–Trinajstić information content (AvgIpc) is 3.07. The maximum absolute atomic E-state index is 12.8. The van der Waals surface area contributed by atoms with Crippen LogP contribution in [0.4, 0.5) is 0 Å². The van der Waals surface area contributed by atoms with Crippen molar-refractivity contribution in [2.75, 3.05) is 0 Å². The zero-order valence-electron chi connectivity index (χ0n) is 16.1. The first-order valence-corrected chi connectivity index (χ1v) is 9.48. The lowest BCUT2D eigenvalue weighted by Gasteiger charge is -2.16. The van der Waals surface area contributed by atoms with Gasteiger partial charge in [0.2, 0.25) is 5.91 Å². The van der Waals surface area contributed by atoms with E-state index >= 15 is 0 Å². The summed E-state index contributed by atoms with van der Waals surface area (Å²) in [4.78, 5) is 17.6. The quantitative estimate of drug-likeness (QED) is 0.544. The molecule has 4 aromatic rings. The number of nitrogens with one attached hydrogen (secondary N) is 1. The first kappa shape index (κ1) is 18.0. The van der Waals surface area contributed by atoms with E-state index in [1.54, 1.807) is 0 Å². The SMILES string of the molecule is Cc1ccc(-c2nc3ccccc3n2CC(=O)NC(C)c2ccccc2)cc1. The number of hydrogen-bond donors (Lipinski definition) is 1. The zero-order valence-corrected chi connectivity index (χ0v) is 16.1. The molecule has 4 heteroatoms. The van der Waals surface area contributed by atoms with Crippen LogP contribution in [0.2, 0.25) is 0 Å². The molecule has 3 aromatic carbocycles. The summed E-state index contributed by atoms with van der Waals surface area (Å²) < 4.78 is 1.99. The molecular weight excluding hydrogens is 346 g/mol. The van der Waals surface area contributed by atoms with Gasteiger partial charge in [0.05, 0.1) is 17.1 Å². The number of fused-ring (bicyclic) bond motifs is 1. The van der Waals surface area contributed by atoms with Crippen molar-refractivity contribution in [3.63, 3.8) is 0 Å². The first-order valence-electron chi connectivity index (χ1n) is 9.48. The summed E-state index contributed by atoms with van der Waals surface area (Å²) in [6.07, 6.45) is 0. The molecule has 0 saturated carbocycles. The third-order valence-electron chi connectivity index (χ3n) is 4.94. The Morgan fingerprint density at radius 2 is 1.64 bits per heavy atom.